The molecule has 124 valence electrons. The van der Waals surface area contributed by atoms with Crippen LogP contribution in [0.3, 0.4) is 0 Å². The summed E-state index contributed by atoms with van der Waals surface area (Å²) in [5.41, 5.74) is 5.17. The Morgan fingerprint density at radius 2 is 1.46 bits per heavy atom. The normalized spacial score (nSPS) is 11.6. The summed E-state index contributed by atoms with van der Waals surface area (Å²) in [6, 6.07) is 18.1. The zero-order valence-corrected chi connectivity index (χ0v) is 15.2. The van der Waals surface area contributed by atoms with Crippen molar-refractivity contribution in [3.05, 3.63) is 76.9 Å². The van der Waals surface area contributed by atoms with Gasteiger partial charge in [-0.3, -0.25) is 0 Å². The van der Waals surface area contributed by atoms with Crippen LogP contribution in [-0.4, -0.2) is 8.42 Å². The van der Waals surface area contributed by atoms with E-state index in [0.29, 0.717) is 6.42 Å². The SMILES string of the molecule is Cc1ccc(Cc2cc(-c3ccc(C)cc3)sc2S(N)(=O)=O)cc1. The molecule has 0 aliphatic carbocycles. The van der Waals surface area contributed by atoms with Gasteiger partial charge in [0.25, 0.3) is 0 Å². The van der Waals surface area contributed by atoms with E-state index in [9.17, 15) is 8.42 Å². The van der Waals surface area contributed by atoms with Gasteiger partial charge in [-0.05, 0) is 43.0 Å². The van der Waals surface area contributed by atoms with Crippen LogP contribution in [0.25, 0.3) is 10.4 Å². The molecule has 0 amide bonds. The lowest BCUT2D eigenvalue weighted by molar-refractivity contribution is 0.599. The topological polar surface area (TPSA) is 60.2 Å². The van der Waals surface area contributed by atoms with E-state index < -0.39 is 10.0 Å². The van der Waals surface area contributed by atoms with Crippen molar-refractivity contribution in [3.8, 4) is 10.4 Å². The van der Waals surface area contributed by atoms with Crippen LogP contribution in [0, 0.1) is 13.8 Å². The van der Waals surface area contributed by atoms with Gasteiger partial charge in [0.05, 0.1) is 0 Å². The van der Waals surface area contributed by atoms with E-state index in [1.54, 1.807) is 0 Å². The van der Waals surface area contributed by atoms with E-state index in [4.69, 9.17) is 5.14 Å². The smallest absolute Gasteiger partial charge is 0.224 e. The zero-order valence-electron chi connectivity index (χ0n) is 13.6. The highest BCUT2D eigenvalue weighted by molar-refractivity contribution is 7.91. The number of hydrogen-bond donors (Lipinski definition) is 1. The molecule has 2 N–H and O–H groups in total. The van der Waals surface area contributed by atoms with Crippen molar-refractivity contribution >= 4 is 21.4 Å². The Kier molecular flexibility index (Phi) is 4.58. The number of sulfonamides is 1. The highest BCUT2D eigenvalue weighted by Gasteiger charge is 2.19. The number of rotatable bonds is 4. The molecule has 0 radical (unpaired) electrons. The second kappa shape index (κ2) is 6.51. The molecule has 24 heavy (non-hydrogen) atoms. The van der Waals surface area contributed by atoms with Gasteiger partial charge in [0.1, 0.15) is 4.21 Å². The Bertz CT molecular complexity index is 954. The minimum Gasteiger partial charge on any atom is -0.224 e. The van der Waals surface area contributed by atoms with Crippen molar-refractivity contribution in [2.75, 3.05) is 0 Å². The predicted molar refractivity (Wildman–Crippen MR) is 99.9 cm³/mol. The Balaban J connectivity index is 2.04. The van der Waals surface area contributed by atoms with Crippen LogP contribution in [0.5, 0.6) is 0 Å². The van der Waals surface area contributed by atoms with Gasteiger partial charge in [0, 0.05) is 4.88 Å². The van der Waals surface area contributed by atoms with Crippen molar-refractivity contribution in [1.29, 1.82) is 0 Å². The van der Waals surface area contributed by atoms with Crippen LogP contribution in [0.4, 0.5) is 0 Å². The number of nitrogens with two attached hydrogens (primary N) is 1. The fourth-order valence-corrected chi connectivity index (χ4v) is 4.71. The highest BCUT2D eigenvalue weighted by Crippen LogP contribution is 2.35. The maximum atomic E-state index is 12.0. The Labute approximate surface area is 146 Å². The summed E-state index contributed by atoms with van der Waals surface area (Å²) in [5.74, 6) is 0. The maximum Gasteiger partial charge on any atom is 0.247 e. The molecular formula is C19H19NO2S2. The molecule has 0 atom stereocenters. The minimum absolute atomic E-state index is 0.249. The largest absolute Gasteiger partial charge is 0.247 e. The number of aryl methyl sites for hydroxylation is 2. The summed E-state index contributed by atoms with van der Waals surface area (Å²) in [7, 11) is -3.74. The fraction of sp³-hybridized carbons (Fsp3) is 0.158. The van der Waals surface area contributed by atoms with Crippen molar-refractivity contribution in [2.45, 2.75) is 24.5 Å². The Hall–Kier alpha value is -1.95. The molecule has 5 heteroatoms. The minimum atomic E-state index is -3.74. The van der Waals surface area contributed by atoms with Crippen molar-refractivity contribution < 1.29 is 8.42 Å². The molecule has 0 aliphatic heterocycles. The lowest BCUT2D eigenvalue weighted by atomic mass is 10.0. The van der Waals surface area contributed by atoms with Crippen LogP contribution in [0.2, 0.25) is 0 Å². The number of benzene rings is 2. The van der Waals surface area contributed by atoms with Crippen molar-refractivity contribution in [1.82, 2.24) is 0 Å². The molecule has 1 heterocycles. The van der Waals surface area contributed by atoms with E-state index in [2.05, 4.69) is 0 Å². The average molecular weight is 358 g/mol. The summed E-state index contributed by atoms with van der Waals surface area (Å²) in [6.45, 7) is 4.05. The van der Waals surface area contributed by atoms with Gasteiger partial charge in [-0.25, -0.2) is 13.6 Å². The zero-order chi connectivity index (χ0) is 17.3. The van der Waals surface area contributed by atoms with E-state index in [1.165, 1.54) is 22.5 Å². The van der Waals surface area contributed by atoms with Gasteiger partial charge in [-0.15, -0.1) is 11.3 Å². The molecular weight excluding hydrogens is 338 g/mol. The second-order valence-corrected chi connectivity index (χ2v) is 8.81. The molecule has 0 fully saturated rings. The molecule has 0 spiro atoms. The van der Waals surface area contributed by atoms with Crippen LogP contribution in [0.15, 0.2) is 58.8 Å². The highest BCUT2D eigenvalue weighted by atomic mass is 32.2. The molecule has 0 saturated heterocycles. The molecule has 0 unspecified atom stereocenters. The summed E-state index contributed by atoms with van der Waals surface area (Å²) < 4.78 is 24.2. The van der Waals surface area contributed by atoms with Gasteiger partial charge in [0.15, 0.2) is 0 Å². The molecule has 2 aromatic carbocycles. The first-order valence-electron chi connectivity index (χ1n) is 7.61. The summed E-state index contributed by atoms with van der Waals surface area (Å²) in [4.78, 5) is 0.918. The van der Waals surface area contributed by atoms with Crippen LogP contribution < -0.4 is 5.14 Å². The first-order chi connectivity index (χ1) is 11.3. The van der Waals surface area contributed by atoms with Gasteiger partial charge >= 0.3 is 0 Å². The first kappa shape index (κ1) is 16.9. The molecule has 3 rings (SSSR count). The van der Waals surface area contributed by atoms with Gasteiger partial charge in [-0.2, -0.15) is 0 Å². The maximum absolute atomic E-state index is 12.0. The van der Waals surface area contributed by atoms with E-state index >= 15 is 0 Å². The quantitative estimate of drug-likeness (QED) is 0.758. The summed E-state index contributed by atoms with van der Waals surface area (Å²) in [5, 5.41) is 5.43. The Morgan fingerprint density at radius 1 is 0.917 bits per heavy atom. The van der Waals surface area contributed by atoms with E-state index in [-0.39, 0.29) is 4.21 Å². The fourth-order valence-electron chi connectivity index (χ4n) is 2.56. The number of thiophene rings is 1. The number of primary sulfonamides is 1. The molecule has 3 aromatic rings. The molecule has 0 aliphatic rings. The van der Waals surface area contributed by atoms with Crippen LogP contribution in [-0.2, 0) is 16.4 Å². The summed E-state index contributed by atoms with van der Waals surface area (Å²) in [6.07, 6.45) is 0.550. The monoisotopic (exact) mass is 357 g/mol. The molecule has 0 bridgehead atoms. The molecule has 0 saturated carbocycles. The summed E-state index contributed by atoms with van der Waals surface area (Å²) >= 11 is 1.23. The van der Waals surface area contributed by atoms with Crippen molar-refractivity contribution in [2.24, 2.45) is 5.14 Å². The van der Waals surface area contributed by atoms with Crippen LogP contribution in [0.1, 0.15) is 22.3 Å². The van der Waals surface area contributed by atoms with E-state index in [0.717, 1.165) is 21.6 Å². The van der Waals surface area contributed by atoms with Gasteiger partial charge in [0.2, 0.25) is 10.0 Å². The third-order valence-electron chi connectivity index (χ3n) is 3.88. The molecule has 1 aromatic heterocycles. The van der Waals surface area contributed by atoms with Gasteiger partial charge < -0.3 is 0 Å². The second-order valence-electron chi connectivity index (χ2n) is 6.00. The van der Waals surface area contributed by atoms with Crippen LogP contribution >= 0.6 is 11.3 Å². The predicted octanol–water partition coefficient (Wildman–Crippen LogP) is 4.27. The standard InChI is InChI=1S/C19H19NO2S2/c1-13-3-7-15(8-4-13)11-17-12-18(23-19(17)24(20,21)22)16-9-5-14(2)6-10-16/h3-10,12H,11H2,1-2H3,(H2,20,21,22). The molecule has 3 nitrogen and oxygen atoms in total. The third kappa shape index (κ3) is 3.75. The Morgan fingerprint density at radius 3 is 2.00 bits per heavy atom. The van der Waals surface area contributed by atoms with E-state index in [1.807, 2.05) is 68.4 Å². The van der Waals surface area contributed by atoms with Crippen molar-refractivity contribution in [3.63, 3.8) is 0 Å². The average Bonchev–Trinajstić information content (AvgIpc) is 2.94. The first-order valence-corrected chi connectivity index (χ1v) is 9.97. The lowest BCUT2D eigenvalue weighted by Gasteiger charge is -2.03. The number of hydrogen-bond acceptors (Lipinski definition) is 3. The lowest BCUT2D eigenvalue weighted by Crippen LogP contribution is -2.12. The third-order valence-corrected chi connectivity index (χ3v) is 6.63. The van der Waals surface area contributed by atoms with Gasteiger partial charge in [-0.1, -0.05) is 59.7 Å².